The number of rotatable bonds is 3. The largest absolute Gasteiger partial charge is 0.301 e. The van der Waals surface area contributed by atoms with Crippen LogP contribution in [-0.2, 0) is 5.41 Å². The third-order valence-corrected chi connectivity index (χ3v) is 9.07. The van der Waals surface area contributed by atoms with Crippen molar-refractivity contribution in [2.24, 2.45) is 5.41 Å². The van der Waals surface area contributed by atoms with Gasteiger partial charge >= 0.3 is 0 Å². The molecule has 2 aliphatic carbocycles. The second-order valence-electron chi connectivity index (χ2n) is 11.4. The van der Waals surface area contributed by atoms with Crippen LogP contribution in [0.5, 0.6) is 0 Å². The van der Waals surface area contributed by atoms with Gasteiger partial charge in [-0.25, -0.2) is 9.97 Å². The van der Waals surface area contributed by atoms with E-state index in [4.69, 9.17) is 9.97 Å². The Hall–Kier alpha value is -3.14. The fraction of sp³-hybridized carbons (Fsp3) is 0.400. The summed E-state index contributed by atoms with van der Waals surface area (Å²) in [6.07, 6.45) is 1.29. The molecule has 1 aromatic heterocycles. The minimum Gasteiger partial charge on any atom is -0.301 e. The average Bonchev–Trinajstić information content (AvgIpc) is 3.54. The van der Waals surface area contributed by atoms with Gasteiger partial charge in [0.2, 0.25) is 0 Å². The Balaban J connectivity index is 1.57. The van der Waals surface area contributed by atoms with Crippen LogP contribution < -0.4 is 9.80 Å². The van der Waals surface area contributed by atoms with Crippen LogP contribution in [0.15, 0.2) is 65.7 Å². The Labute approximate surface area is 202 Å². The molecule has 2 aromatic carbocycles. The summed E-state index contributed by atoms with van der Waals surface area (Å²) in [4.78, 5) is 15.8. The van der Waals surface area contributed by atoms with Gasteiger partial charge in [-0.05, 0) is 42.0 Å². The van der Waals surface area contributed by atoms with Gasteiger partial charge in [-0.3, -0.25) is 0 Å². The summed E-state index contributed by atoms with van der Waals surface area (Å²) in [6, 6.07) is 19.8. The molecule has 4 aliphatic rings. The molecule has 2 aliphatic heterocycles. The highest BCUT2D eigenvalue weighted by Crippen LogP contribution is 2.79. The quantitative estimate of drug-likeness (QED) is 0.393. The molecule has 3 unspecified atom stereocenters. The highest BCUT2D eigenvalue weighted by molar-refractivity contribution is 5.90. The smallest absolute Gasteiger partial charge is 0.179 e. The first-order valence-corrected chi connectivity index (χ1v) is 12.7. The van der Waals surface area contributed by atoms with Crippen molar-refractivity contribution in [3.05, 3.63) is 82.7 Å². The third-order valence-electron chi connectivity index (χ3n) is 9.07. The van der Waals surface area contributed by atoms with E-state index >= 15 is 0 Å². The lowest BCUT2D eigenvalue weighted by atomic mass is 9.51. The van der Waals surface area contributed by atoms with Crippen molar-refractivity contribution in [1.29, 1.82) is 0 Å². The number of aromatic nitrogens is 2. The van der Waals surface area contributed by atoms with Gasteiger partial charge in [0.05, 0.1) is 11.4 Å². The number of anilines is 4. The summed E-state index contributed by atoms with van der Waals surface area (Å²) in [6.45, 7) is 13.9. The minimum atomic E-state index is 0.00486. The number of allylic oxidation sites excluding steroid dienone is 1. The van der Waals surface area contributed by atoms with Crippen molar-refractivity contribution in [2.75, 3.05) is 9.80 Å². The molecule has 4 heteroatoms. The van der Waals surface area contributed by atoms with Crippen LogP contribution in [0.4, 0.5) is 23.0 Å². The van der Waals surface area contributed by atoms with Crippen LogP contribution in [0, 0.1) is 5.41 Å². The lowest BCUT2D eigenvalue weighted by molar-refractivity contribution is 0.173. The maximum atomic E-state index is 5.41. The van der Waals surface area contributed by atoms with E-state index in [9.17, 15) is 0 Å². The van der Waals surface area contributed by atoms with Gasteiger partial charge in [0.25, 0.3) is 0 Å². The van der Waals surface area contributed by atoms with Crippen LogP contribution in [0.2, 0.25) is 0 Å². The predicted octanol–water partition coefficient (Wildman–Crippen LogP) is 7.33. The lowest BCUT2D eigenvalue weighted by Gasteiger charge is -2.60. The number of nitrogens with zero attached hydrogens (tertiary/aromatic N) is 4. The van der Waals surface area contributed by atoms with E-state index in [2.05, 4.69) is 106 Å². The molecule has 3 heterocycles. The summed E-state index contributed by atoms with van der Waals surface area (Å²) < 4.78 is 0. The van der Waals surface area contributed by atoms with Crippen molar-refractivity contribution in [3.8, 4) is 0 Å². The van der Waals surface area contributed by atoms with Gasteiger partial charge in [-0.2, -0.15) is 0 Å². The first kappa shape index (κ1) is 20.3. The van der Waals surface area contributed by atoms with E-state index in [1.54, 1.807) is 11.1 Å². The fourth-order valence-corrected chi connectivity index (χ4v) is 7.20. The Morgan fingerprint density at radius 2 is 1.35 bits per heavy atom. The topological polar surface area (TPSA) is 32.3 Å². The zero-order valence-corrected chi connectivity index (χ0v) is 20.9. The fourth-order valence-electron chi connectivity index (χ4n) is 7.20. The van der Waals surface area contributed by atoms with Gasteiger partial charge in [0, 0.05) is 22.2 Å². The van der Waals surface area contributed by atoms with Crippen LogP contribution in [0.1, 0.15) is 76.8 Å². The molecule has 0 radical (unpaired) electrons. The SMILES string of the molecule is CC(C)c1nc2c(nc1C(C)C)N1c3ccccc3C3(C)C4=C(C4)C3(C)C1N2c1ccccc1. The molecule has 0 fully saturated rings. The monoisotopic (exact) mass is 448 g/mol. The van der Waals surface area contributed by atoms with Gasteiger partial charge in [0.15, 0.2) is 11.6 Å². The first-order valence-electron chi connectivity index (χ1n) is 12.7. The zero-order chi connectivity index (χ0) is 23.6. The van der Waals surface area contributed by atoms with Gasteiger partial charge < -0.3 is 9.80 Å². The Morgan fingerprint density at radius 3 is 2.00 bits per heavy atom. The zero-order valence-electron chi connectivity index (χ0n) is 20.9. The Bertz CT molecular complexity index is 1390. The highest BCUT2D eigenvalue weighted by atomic mass is 15.5. The molecule has 0 saturated heterocycles. The highest BCUT2D eigenvalue weighted by Gasteiger charge is 2.75. The van der Waals surface area contributed by atoms with Crippen molar-refractivity contribution in [3.63, 3.8) is 0 Å². The maximum Gasteiger partial charge on any atom is 0.179 e. The summed E-state index contributed by atoms with van der Waals surface area (Å²) in [5, 5.41) is 0. The third kappa shape index (κ3) is 2.12. The predicted molar refractivity (Wildman–Crippen MR) is 138 cm³/mol. The molecule has 34 heavy (non-hydrogen) atoms. The van der Waals surface area contributed by atoms with E-state index < -0.39 is 0 Å². The van der Waals surface area contributed by atoms with Crippen LogP contribution in [0.25, 0.3) is 0 Å². The van der Waals surface area contributed by atoms with Crippen molar-refractivity contribution >= 4 is 23.0 Å². The molecular formula is C30H32N4. The second-order valence-corrected chi connectivity index (χ2v) is 11.4. The van der Waals surface area contributed by atoms with Crippen molar-refractivity contribution < 1.29 is 0 Å². The van der Waals surface area contributed by atoms with E-state index in [0.717, 1.165) is 23.0 Å². The summed E-state index contributed by atoms with van der Waals surface area (Å²) in [7, 11) is 0. The molecule has 3 aromatic rings. The van der Waals surface area contributed by atoms with E-state index in [-0.39, 0.29) is 17.0 Å². The first-order chi connectivity index (χ1) is 16.3. The summed E-state index contributed by atoms with van der Waals surface area (Å²) >= 11 is 0. The molecule has 4 nitrogen and oxygen atoms in total. The van der Waals surface area contributed by atoms with Crippen LogP contribution in [-0.4, -0.2) is 16.1 Å². The standard InChI is InChI=1S/C30H32N4/c1-17(2)24-25(18(3)4)32-27-26(31-24)33(19-12-8-7-9-13-19)28-30(6)22-16-21(22)29(30,5)20-14-10-11-15-23(20)34(27)28/h7-15,17-18,28H,16H2,1-6H3. The summed E-state index contributed by atoms with van der Waals surface area (Å²) in [5.74, 6) is 2.65. The molecule has 0 bridgehead atoms. The molecule has 7 rings (SSSR count). The van der Waals surface area contributed by atoms with Crippen LogP contribution >= 0.6 is 0 Å². The maximum absolute atomic E-state index is 5.41. The van der Waals surface area contributed by atoms with Gasteiger partial charge in [-0.1, -0.05) is 89.1 Å². The molecule has 0 N–H and O–H groups in total. The minimum absolute atomic E-state index is 0.00486. The molecule has 0 spiro atoms. The summed E-state index contributed by atoms with van der Waals surface area (Å²) in [5.41, 5.74) is 9.50. The number of para-hydroxylation sites is 2. The lowest BCUT2D eigenvalue weighted by Crippen LogP contribution is -2.64. The Morgan fingerprint density at radius 1 is 0.765 bits per heavy atom. The molecule has 0 amide bonds. The van der Waals surface area contributed by atoms with Crippen molar-refractivity contribution in [2.45, 2.75) is 71.4 Å². The number of hydrogen-bond donors (Lipinski definition) is 0. The molecular weight excluding hydrogens is 416 g/mol. The number of fused-ring (bicyclic) bond motifs is 10. The van der Waals surface area contributed by atoms with Gasteiger partial charge in [0.1, 0.15) is 6.17 Å². The van der Waals surface area contributed by atoms with E-state index in [1.165, 1.54) is 23.4 Å². The van der Waals surface area contributed by atoms with Crippen molar-refractivity contribution in [1.82, 2.24) is 9.97 Å². The second kappa shape index (κ2) is 6.29. The Kier molecular flexibility index (Phi) is 3.75. The van der Waals surface area contributed by atoms with E-state index in [0.29, 0.717) is 11.8 Å². The van der Waals surface area contributed by atoms with Gasteiger partial charge in [-0.15, -0.1) is 0 Å². The van der Waals surface area contributed by atoms with E-state index in [1.807, 2.05) is 0 Å². The normalized spacial score (nSPS) is 27.8. The van der Waals surface area contributed by atoms with Crippen LogP contribution in [0.3, 0.4) is 0 Å². The molecule has 3 atom stereocenters. The molecule has 172 valence electrons. The number of benzene rings is 2. The number of hydrogen-bond acceptors (Lipinski definition) is 4. The molecule has 0 saturated carbocycles. The average molecular weight is 449 g/mol.